The fourth-order valence-electron chi connectivity index (χ4n) is 11.6. The number of rotatable bonds is 12. The number of H-pyrrole nitrogens is 2. The van der Waals surface area contributed by atoms with E-state index >= 15 is 0 Å². The molecule has 5 fully saturated rings. The first-order valence-electron chi connectivity index (χ1n) is 23.5. The molecule has 3 amide bonds. The second-order valence-corrected chi connectivity index (χ2v) is 20.4. The van der Waals surface area contributed by atoms with Crippen LogP contribution in [0.25, 0.3) is 44.4 Å². The van der Waals surface area contributed by atoms with Crippen molar-refractivity contribution in [2.24, 2.45) is 41.4 Å². The van der Waals surface area contributed by atoms with Gasteiger partial charge in [0.25, 0.3) is 0 Å². The summed E-state index contributed by atoms with van der Waals surface area (Å²) >= 11 is 13.8. The molecule has 2 saturated carbocycles. The summed E-state index contributed by atoms with van der Waals surface area (Å²) in [5.41, 5.74) is 5.01. The molecule has 0 spiro atoms. The molecule has 352 valence electrons. The van der Waals surface area contributed by atoms with Crippen LogP contribution < -0.4 is 5.32 Å². The van der Waals surface area contributed by atoms with Crippen molar-refractivity contribution < 1.29 is 33.4 Å². The molecule has 3 aliphatic heterocycles. The number of nitrogens with zero attached hydrogens (tertiary/aromatic N) is 4. The van der Waals surface area contributed by atoms with Crippen LogP contribution in [0.15, 0.2) is 60.7 Å². The minimum absolute atomic E-state index is 0.0110. The molecule has 0 bridgehead atoms. The van der Waals surface area contributed by atoms with Gasteiger partial charge in [0.2, 0.25) is 11.8 Å². The summed E-state index contributed by atoms with van der Waals surface area (Å²) in [6.07, 6.45) is 2.43. The van der Waals surface area contributed by atoms with Crippen LogP contribution in [0.4, 0.5) is 4.79 Å². The van der Waals surface area contributed by atoms with Gasteiger partial charge in [0.05, 0.1) is 38.6 Å². The van der Waals surface area contributed by atoms with Crippen LogP contribution in [0, 0.1) is 41.4 Å². The van der Waals surface area contributed by atoms with Gasteiger partial charge in [0.1, 0.15) is 39.4 Å². The number of esters is 1. The number of likely N-dealkylation sites (tertiary alicyclic amines) is 2. The predicted molar refractivity (Wildman–Crippen MR) is 254 cm³/mol. The summed E-state index contributed by atoms with van der Waals surface area (Å²) in [5.74, 6) is 1.68. The van der Waals surface area contributed by atoms with Crippen LogP contribution in [0.1, 0.15) is 83.5 Å². The van der Waals surface area contributed by atoms with Crippen LogP contribution in [0.3, 0.4) is 0 Å². The Morgan fingerprint density at radius 1 is 0.731 bits per heavy atom. The van der Waals surface area contributed by atoms with Gasteiger partial charge in [0, 0.05) is 36.4 Å². The van der Waals surface area contributed by atoms with Crippen molar-refractivity contribution in [1.29, 1.82) is 0 Å². The van der Waals surface area contributed by atoms with E-state index in [1.807, 2.05) is 41.8 Å². The van der Waals surface area contributed by atoms with Crippen molar-refractivity contribution in [1.82, 2.24) is 35.1 Å². The zero-order chi connectivity index (χ0) is 47.0. The van der Waals surface area contributed by atoms with Crippen LogP contribution in [-0.2, 0) is 28.6 Å². The summed E-state index contributed by atoms with van der Waals surface area (Å²) in [6, 6.07) is 19.5. The Labute approximate surface area is 399 Å². The molecular weight excluding hydrogens is 894 g/mol. The fraction of sp³-hybridized carbons (Fsp3) is 0.490. The van der Waals surface area contributed by atoms with E-state index in [0.717, 1.165) is 58.7 Å². The standard InChI is InChI=1S/C51H57Cl2N7O7/c1-24(2)40(56-51(64)66-6)50(63)60-38(22-35-26(4)44(35)60)48-54-41(45(52)57-48)29-9-7-27(8-10-29)30-11-12-32-20-33(14-13-31(32)19-30)42-46(53)58-47(55-42)37-21-34-25(3)43(34)59(37)49(62)36(23-39(61)65-5)28-15-17-67-18-16-28/h7-14,19-20,24-26,28,34-38,40,43-44H,15-18,21-23H2,1-6H3,(H,54,57)(H,55,58)(H,56,64)/t25-,26?,34?,35?,36+,37+,38+,40+,43?,44?/m1/s1. The van der Waals surface area contributed by atoms with Crippen LogP contribution in [0.2, 0.25) is 10.3 Å². The van der Waals surface area contributed by atoms with Crippen LogP contribution in [-0.4, -0.2) is 99.2 Å². The second kappa shape index (κ2) is 17.9. The minimum atomic E-state index is -0.731. The Morgan fingerprint density at radius 2 is 1.24 bits per heavy atom. The normalized spacial score (nSPS) is 26.3. The molecule has 3 saturated heterocycles. The smallest absolute Gasteiger partial charge is 0.407 e. The summed E-state index contributed by atoms with van der Waals surface area (Å²) in [5, 5.41) is 5.63. The third kappa shape index (κ3) is 8.26. The number of nitrogens with one attached hydrogen (secondary N) is 3. The monoisotopic (exact) mass is 949 g/mol. The molecule has 5 heterocycles. The van der Waals surface area contributed by atoms with Crippen molar-refractivity contribution in [2.75, 3.05) is 27.4 Å². The van der Waals surface area contributed by atoms with Crippen LogP contribution in [0.5, 0.6) is 0 Å². The number of amides is 3. The molecule has 10 rings (SSSR count). The third-order valence-corrected chi connectivity index (χ3v) is 16.1. The number of aromatic nitrogens is 4. The summed E-state index contributed by atoms with van der Waals surface area (Å²) in [6.45, 7) is 9.32. The number of hydrogen-bond donors (Lipinski definition) is 3. The zero-order valence-electron chi connectivity index (χ0n) is 38.6. The van der Waals surface area contributed by atoms with E-state index < -0.39 is 18.1 Å². The number of piperidine rings is 2. The molecule has 2 aliphatic carbocycles. The summed E-state index contributed by atoms with van der Waals surface area (Å²) < 4.78 is 15.5. The maximum Gasteiger partial charge on any atom is 0.407 e. The van der Waals surface area contributed by atoms with Gasteiger partial charge in [-0.2, -0.15) is 0 Å². The number of aromatic amines is 2. The average Bonchev–Trinajstić information content (AvgIpc) is 3.75. The van der Waals surface area contributed by atoms with E-state index in [2.05, 4.69) is 71.6 Å². The third-order valence-electron chi connectivity index (χ3n) is 15.6. The number of imidazole rings is 2. The molecule has 14 nitrogen and oxygen atoms in total. The number of carbonyl (C=O) groups excluding carboxylic acids is 4. The van der Waals surface area contributed by atoms with Crippen molar-refractivity contribution in [3.63, 3.8) is 0 Å². The lowest BCUT2D eigenvalue weighted by molar-refractivity contribution is -0.150. The Morgan fingerprint density at radius 3 is 1.79 bits per heavy atom. The minimum Gasteiger partial charge on any atom is -0.469 e. The van der Waals surface area contributed by atoms with E-state index in [1.165, 1.54) is 14.2 Å². The van der Waals surface area contributed by atoms with Gasteiger partial charge >= 0.3 is 12.1 Å². The Kier molecular flexibility index (Phi) is 12.1. The molecule has 16 heteroatoms. The number of ether oxygens (including phenoxy) is 3. The number of alkyl carbamates (subject to hydrolysis) is 1. The molecule has 5 unspecified atom stereocenters. The van der Waals surface area contributed by atoms with E-state index in [1.54, 1.807) is 0 Å². The molecule has 3 aromatic carbocycles. The van der Waals surface area contributed by atoms with Gasteiger partial charge in [-0.1, -0.05) is 99.4 Å². The lowest BCUT2D eigenvalue weighted by Gasteiger charge is -2.35. The lowest BCUT2D eigenvalue weighted by atomic mass is 9.82. The van der Waals surface area contributed by atoms with Crippen LogP contribution >= 0.6 is 23.2 Å². The number of carbonyl (C=O) groups is 4. The lowest BCUT2D eigenvalue weighted by Crippen LogP contribution is -2.52. The number of benzene rings is 3. The Balaban J connectivity index is 0.852. The molecule has 5 aliphatic rings. The highest BCUT2D eigenvalue weighted by atomic mass is 35.5. The van der Waals surface area contributed by atoms with E-state index in [4.69, 9.17) is 47.4 Å². The SMILES string of the molecule is COC(=O)C[C@H](C(=O)N1C2C(C[C@H]1c1nc(-c3ccc4cc(-c5ccc(-c6nc([C@@H]7CC8C(C)C8N7C(=O)[C@@H](NC(=O)OC)C(C)C)[nH]c6Cl)cc5)ccc4c3)c(Cl)[nH]1)[C@H]2C)C1CCOCC1. The molecular formula is C51H57Cl2N7O7. The van der Waals surface area contributed by atoms with Gasteiger partial charge in [0.15, 0.2) is 0 Å². The van der Waals surface area contributed by atoms with Gasteiger partial charge in [-0.15, -0.1) is 0 Å². The molecule has 10 atom stereocenters. The number of methoxy groups -OCH3 is 2. The van der Waals surface area contributed by atoms with Gasteiger partial charge in [-0.05, 0) is 95.2 Å². The van der Waals surface area contributed by atoms with Crippen molar-refractivity contribution in [3.05, 3.63) is 82.6 Å². The molecule has 5 aromatic rings. The first-order valence-corrected chi connectivity index (χ1v) is 24.3. The Bertz CT molecular complexity index is 2730. The number of hydrogen-bond acceptors (Lipinski definition) is 9. The van der Waals surface area contributed by atoms with Crippen molar-refractivity contribution in [2.45, 2.75) is 90.0 Å². The first kappa shape index (κ1) is 45.3. The summed E-state index contributed by atoms with van der Waals surface area (Å²) in [4.78, 5) is 73.9. The second-order valence-electron chi connectivity index (χ2n) is 19.6. The highest BCUT2D eigenvalue weighted by Gasteiger charge is 2.63. The van der Waals surface area contributed by atoms with Crippen molar-refractivity contribution >= 4 is 57.9 Å². The van der Waals surface area contributed by atoms with E-state index in [-0.39, 0.29) is 60.2 Å². The van der Waals surface area contributed by atoms with Crippen molar-refractivity contribution in [3.8, 4) is 33.6 Å². The maximum absolute atomic E-state index is 14.5. The number of fused-ring (bicyclic) bond motifs is 3. The topological polar surface area (TPSA) is 172 Å². The maximum atomic E-state index is 14.5. The van der Waals surface area contributed by atoms with Gasteiger partial charge < -0.3 is 39.3 Å². The molecule has 67 heavy (non-hydrogen) atoms. The predicted octanol–water partition coefficient (Wildman–Crippen LogP) is 9.40. The van der Waals surface area contributed by atoms with E-state index in [9.17, 15) is 19.2 Å². The average molecular weight is 951 g/mol. The molecule has 2 aromatic heterocycles. The first-order chi connectivity index (χ1) is 32.3. The highest BCUT2D eigenvalue weighted by Crippen LogP contribution is 2.59. The quantitative estimate of drug-likeness (QED) is 0.103. The highest BCUT2D eigenvalue weighted by molar-refractivity contribution is 6.32. The summed E-state index contributed by atoms with van der Waals surface area (Å²) in [7, 11) is 2.66. The largest absolute Gasteiger partial charge is 0.469 e. The molecule has 3 N–H and O–H groups in total. The Hall–Kier alpha value is -5.44. The van der Waals surface area contributed by atoms with E-state index in [0.29, 0.717) is 70.2 Å². The number of halogens is 2. The van der Waals surface area contributed by atoms with Gasteiger partial charge in [-0.3, -0.25) is 14.4 Å². The zero-order valence-corrected chi connectivity index (χ0v) is 40.1. The molecule has 0 radical (unpaired) electrons. The van der Waals surface area contributed by atoms with Gasteiger partial charge in [-0.25, -0.2) is 14.8 Å². The fourth-order valence-corrected chi connectivity index (χ4v) is 12.1.